The maximum absolute atomic E-state index is 12.6. The first-order valence-electron chi connectivity index (χ1n) is 9.45. The van der Waals surface area contributed by atoms with Gasteiger partial charge in [0.15, 0.2) is 0 Å². The first kappa shape index (κ1) is 17.5. The summed E-state index contributed by atoms with van der Waals surface area (Å²) in [6.07, 6.45) is 8.89. The third-order valence-electron chi connectivity index (χ3n) is 5.35. The van der Waals surface area contributed by atoms with Crippen molar-refractivity contribution in [2.75, 3.05) is 13.1 Å². The van der Waals surface area contributed by atoms with E-state index in [0.29, 0.717) is 12.5 Å². The van der Waals surface area contributed by atoms with Crippen molar-refractivity contribution >= 4 is 0 Å². The minimum absolute atomic E-state index is 0.278. The molecule has 4 nitrogen and oxygen atoms in total. The molecule has 1 saturated heterocycles. The molecule has 1 aromatic carbocycles. The highest BCUT2D eigenvalue weighted by atomic mass is 19.3. The molecule has 1 aliphatic carbocycles. The average molecular weight is 361 g/mol. The standard InChI is InChI=1S/C20H25F2N3O/c21-20(22)26-18-6-2-1-4-16(18)13-24-10-3-5-17(14-24)19-23-9-11-25(19)12-15-7-8-15/h1-2,4,6,9,11,15,17,20H,3,5,7-8,10,12-14H2/t17-/m1/s1. The van der Waals surface area contributed by atoms with E-state index >= 15 is 0 Å². The van der Waals surface area contributed by atoms with E-state index in [1.807, 2.05) is 18.3 Å². The van der Waals surface area contributed by atoms with Crippen molar-refractivity contribution in [2.24, 2.45) is 5.92 Å². The maximum Gasteiger partial charge on any atom is 0.387 e. The molecule has 0 unspecified atom stereocenters. The van der Waals surface area contributed by atoms with Crippen LogP contribution >= 0.6 is 0 Å². The summed E-state index contributed by atoms with van der Waals surface area (Å²) in [5.74, 6) is 2.68. The predicted molar refractivity (Wildman–Crippen MR) is 95.3 cm³/mol. The van der Waals surface area contributed by atoms with Gasteiger partial charge >= 0.3 is 6.61 Å². The molecule has 2 aliphatic rings. The lowest BCUT2D eigenvalue weighted by atomic mass is 9.96. The molecule has 140 valence electrons. The SMILES string of the molecule is FC(F)Oc1ccccc1CN1CCC[C@@H](c2nccn2CC2CC2)C1. The Labute approximate surface area is 152 Å². The zero-order valence-electron chi connectivity index (χ0n) is 14.9. The number of hydrogen-bond donors (Lipinski definition) is 0. The highest BCUT2D eigenvalue weighted by Gasteiger charge is 2.28. The highest BCUT2D eigenvalue weighted by molar-refractivity contribution is 5.33. The minimum Gasteiger partial charge on any atom is -0.434 e. The van der Waals surface area contributed by atoms with Crippen molar-refractivity contribution in [3.05, 3.63) is 48.0 Å². The molecule has 0 radical (unpaired) electrons. The van der Waals surface area contributed by atoms with Gasteiger partial charge in [-0.2, -0.15) is 8.78 Å². The molecule has 2 aromatic rings. The van der Waals surface area contributed by atoms with Gasteiger partial charge in [-0.05, 0) is 44.2 Å². The smallest absolute Gasteiger partial charge is 0.387 e. The summed E-state index contributed by atoms with van der Waals surface area (Å²) < 4.78 is 32.3. The molecule has 4 rings (SSSR count). The summed E-state index contributed by atoms with van der Waals surface area (Å²) in [4.78, 5) is 6.96. The Bertz CT molecular complexity index is 729. The van der Waals surface area contributed by atoms with Crippen LogP contribution in [-0.4, -0.2) is 34.2 Å². The number of halogens is 2. The number of nitrogens with zero attached hydrogens (tertiary/aromatic N) is 3. The normalized spacial score (nSPS) is 21.3. The third-order valence-corrected chi connectivity index (χ3v) is 5.35. The van der Waals surface area contributed by atoms with E-state index in [9.17, 15) is 8.78 Å². The van der Waals surface area contributed by atoms with E-state index in [0.717, 1.165) is 44.0 Å². The van der Waals surface area contributed by atoms with Crippen molar-refractivity contribution in [2.45, 2.75) is 51.3 Å². The van der Waals surface area contributed by atoms with E-state index in [4.69, 9.17) is 0 Å². The first-order valence-corrected chi connectivity index (χ1v) is 9.45. The monoisotopic (exact) mass is 361 g/mol. The highest BCUT2D eigenvalue weighted by Crippen LogP contribution is 2.33. The Morgan fingerprint density at radius 3 is 2.85 bits per heavy atom. The summed E-state index contributed by atoms with van der Waals surface area (Å²) in [5.41, 5.74) is 0.815. The molecule has 2 fully saturated rings. The summed E-state index contributed by atoms with van der Waals surface area (Å²) >= 11 is 0. The molecule has 1 atom stereocenters. The van der Waals surface area contributed by atoms with Crippen LogP contribution in [0.3, 0.4) is 0 Å². The maximum atomic E-state index is 12.6. The van der Waals surface area contributed by atoms with Gasteiger partial charge in [-0.15, -0.1) is 0 Å². The van der Waals surface area contributed by atoms with Gasteiger partial charge in [0.2, 0.25) is 0 Å². The molecule has 1 saturated carbocycles. The van der Waals surface area contributed by atoms with Crippen molar-refractivity contribution in [1.29, 1.82) is 0 Å². The predicted octanol–water partition coefficient (Wildman–Crippen LogP) is 4.27. The number of likely N-dealkylation sites (tertiary alicyclic amines) is 1. The zero-order chi connectivity index (χ0) is 17.9. The molecule has 0 bridgehead atoms. The Hall–Kier alpha value is -1.95. The fourth-order valence-corrected chi connectivity index (χ4v) is 3.91. The number of alkyl halides is 2. The van der Waals surface area contributed by atoms with Crippen LogP contribution in [0.25, 0.3) is 0 Å². The molecule has 0 N–H and O–H groups in total. The first-order chi connectivity index (χ1) is 12.7. The van der Waals surface area contributed by atoms with Crippen molar-refractivity contribution in [3.8, 4) is 5.75 Å². The van der Waals surface area contributed by atoms with Crippen LogP contribution < -0.4 is 4.74 Å². The van der Waals surface area contributed by atoms with E-state index in [1.165, 1.54) is 18.7 Å². The van der Waals surface area contributed by atoms with Gasteiger partial charge in [-0.3, -0.25) is 4.90 Å². The number of hydrogen-bond acceptors (Lipinski definition) is 3. The fraction of sp³-hybridized carbons (Fsp3) is 0.550. The van der Waals surface area contributed by atoms with Crippen LogP contribution in [0.5, 0.6) is 5.75 Å². The van der Waals surface area contributed by atoms with Crippen LogP contribution in [0, 0.1) is 5.92 Å². The lowest BCUT2D eigenvalue weighted by Crippen LogP contribution is -2.35. The van der Waals surface area contributed by atoms with Crippen molar-refractivity contribution in [3.63, 3.8) is 0 Å². The van der Waals surface area contributed by atoms with Crippen LogP contribution in [0.4, 0.5) is 8.78 Å². The second kappa shape index (κ2) is 7.74. The van der Waals surface area contributed by atoms with Gasteiger partial charge in [0.1, 0.15) is 11.6 Å². The number of ether oxygens (including phenoxy) is 1. The molecule has 1 aliphatic heterocycles. The van der Waals surface area contributed by atoms with Gasteiger partial charge < -0.3 is 9.30 Å². The van der Waals surface area contributed by atoms with Crippen LogP contribution in [0.2, 0.25) is 0 Å². The molecule has 0 spiro atoms. The summed E-state index contributed by atoms with van der Waals surface area (Å²) in [7, 11) is 0. The number of rotatable bonds is 7. The molecule has 2 heterocycles. The average Bonchev–Trinajstić information content (AvgIpc) is 3.32. The zero-order valence-corrected chi connectivity index (χ0v) is 14.9. The second-order valence-corrected chi connectivity index (χ2v) is 7.44. The summed E-state index contributed by atoms with van der Waals surface area (Å²) in [6, 6.07) is 7.09. The van der Waals surface area contributed by atoms with E-state index in [-0.39, 0.29) is 5.75 Å². The second-order valence-electron chi connectivity index (χ2n) is 7.44. The fourth-order valence-electron chi connectivity index (χ4n) is 3.91. The van der Waals surface area contributed by atoms with Gasteiger partial charge in [0.25, 0.3) is 0 Å². The van der Waals surface area contributed by atoms with E-state index < -0.39 is 6.61 Å². The summed E-state index contributed by atoms with van der Waals surface area (Å²) in [5, 5.41) is 0. The number of para-hydroxylation sites is 1. The van der Waals surface area contributed by atoms with Crippen LogP contribution in [0.15, 0.2) is 36.7 Å². The molecule has 0 amide bonds. The molecular weight excluding hydrogens is 336 g/mol. The Balaban J connectivity index is 1.44. The van der Waals surface area contributed by atoms with E-state index in [2.05, 4.69) is 25.4 Å². The number of imidazole rings is 1. The van der Waals surface area contributed by atoms with Crippen LogP contribution in [0.1, 0.15) is 43.0 Å². The van der Waals surface area contributed by atoms with Crippen molar-refractivity contribution in [1.82, 2.24) is 14.5 Å². The Morgan fingerprint density at radius 1 is 1.19 bits per heavy atom. The van der Waals surface area contributed by atoms with Crippen molar-refractivity contribution < 1.29 is 13.5 Å². The number of aromatic nitrogens is 2. The lowest BCUT2D eigenvalue weighted by Gasteiger charge is -2.33. The molecule has 6 heteroatoms. The molecule has 1 aromatic heterocycles. The molecular formula is C20H25F2N3O. The lowest BCUT2D eigenvalue weighted by molar-refractivity contribution is -0.0508. The van der Waals surface area contributed by atoms with Crippen LogP contribution in [-0.2, 0) is 13.1 Å². The summed E-state index contributed by atoms with van der Waals surface area (Å²) in [6.45, 7) is 0.799. The van der Waals surface area contributed by atoms with E-state index in [1.54, 1.807) is 12.1 Å². The largest absolute Gasteiger partial charge is 0.434 e. The quantitative estimate of drug-likeness (QED) is 0.738. The van der Waals surface area contributed by atoms with Gasteiger partial charge in [-0.25, -0.2) is 4.98 Å². The van der Waals surface area contributed by atoms with Gasteiger partial charge in [0.05, 0.1) is 0 Å². The number of benzene rings is 1. The Kier molecular flexibility index (Phi) is 5.20. The third kappa shape index (κ3) is 4.23. The molecule has 26 heavy (non-hydrogen) atoms. The number of piperidine rings is 1. The topological polar surface area (TPSA) is 30.3 Å². The Morgan fingerprint density at radius 2 is 2.04 bits per heavy atom. The minimum atomic E-state index is -2.79. The van der Waals surface area contributed by atoms with Gasteiger partial charge in [0, 0.05) is 43.5 Å². The van der Waals surface area contributed by atoms with Gasteiger partial charge in [-0.1, -0.05) is 18.2 Å².